The molecule has 0 fully saturated rings. The van der Waals surface area contributed by atoms with Crippen molar-refractivity contribution in [2.45, 2.75) is 33.1 Å². The van der Waals surface area contributed by atoms with Crippen molar-refractivity contribution in [3.8, 4) is 5.75 Å². The van der Waals surface area contributed by atoms with Crippen molar-refractivity contribution in [1.29, 1.82) is 0 Å². The van der Waals surface area contributed by atoms with Crippen molar-refractivity contribution in [1.82, 2.24) is 4.72 Å². The van der Waals surface area contributed by atoms with E-state index in [0.29, 0.717) is 5.69 Å². The number of nitrogens with one attached hydrogen (secondary N) is 1. The Bertz CT molecular complexity index is 693. The summed E-state index contributed by atoms with van der Waals surface area (Å²) in [6.07, 6.45) is 5.63. The standard InChI is InChI=1S/C14H18N2O3S/c1-14(2)4-3-10-8-13(17)12(7-11(10)9-14)16-6-5-15-20(16,18)19/h5-8,15,17H,3-4,9H2,1-2H3. The first-order valence-electron chi connectivity index (χ1n) is 6.62. The summed E-state index contributed by atoms with van der Waals surface area (Å²) in [5, 5.41) is 10.1. The summed E-state index contributed by atoms with van der Waals surface area (Å²) >= 11 is 0. The number of hydrogen-bond acceptors (Lipinski definition) is 3. The lowest BCUT2D eigenvalue weighted by molar-refractivity contribution is 0.314. The molecule has 0 amide bonds. The molecule has 6 heteroatoms. The summed E-state index contributed by atoms with van der Waals surface area (Å²) in [5.41, 5.74) is 2.74. The van der Waals surface area contributed by atoms with Crippen LogP contribution >= 0.6 is 0 Å². The van der Waals surface area contributed by atoms with Gasteiger partial charge < -0.3 is 5.11 Å². The van der Waals surface area contributed by atoms with E-state index >= 15 is 0 Å². The Labute approximate surface area is 119 Å². The lowest BCUT2D eigenvalue weighted by Crippen LogP contribution is -2.29. The van der Waals surface area contributed by atoms with E-state index in [0.717, 1.165) is 34.7 Å². The van der Waals surface area contributed by atoms with Gasteiger partial charge in [0.15, 0.2) is 0 Å². The molecule has 0 aromatic heterocycles. The Balaban J connectivity index is 2.08. The van der Waals surface area contributed by atoms with Crippen molar-refractivity contribution in [2.24, 2.45) is 5.41 Å². The van der Waals surface area contributed by atoms with E-state index in [1.807, 2.05) is 0 Å². The minimum absolute atomic E-state index is 0.000353. The number of hydrogen-bond donors (Lipinski definition) is 2. The Morgan fingerprint density at radius 2 is 2.05 bits per heavy atom. The first-order chi connectivity index (χ1) is 9.28. The molecule has 20 heavy (non-hydrogen) atoms. The minimum atomic E-state index is -3.61. The highest BCUT2D eigenvalue weighted by Crippen LogP contribution is 2.40. The van der Waals surface area contributed by atoms with Crippen LogP contribution in [0.4, 0.5) is 5.69 Å². The number of phenols is 1. The van der Waals surface area contributed by atoms with Crippen molar-refractivity contribution in [3.05, 3.63) is 35.7 Å². The van der Waals surface area contributed by atoms with Crippen LogP contribution in [0.2, 0.25) is 0 Å². The van der Waals surface area contributed by atoms with E-state index in [2.05, 4.69) is 18.6 Å². The van der Waals surface area contributed by atoms with Crippen LogP contribution in [-0.4, -0.2) is 13.5 Å². The fraction of sp³-hybridized carbons (Fsp3) is 0.429. The second-order valence-electron chi connectivity index (χ2n) is 6.19. The number of benzene rings is 1. The second-order valence-corrected chi connectivity index (χ2v) is 7.76. The Hall–Kier alpha value is -1.69. The molecular formula is C14H18N2O3S. The van der Waals surface area contributed by atoms with Gasteiger partial charge in [0.05, 0.1) is 0 Å². The monoisotopic (exact) mass is 294 g/mol. The van der Waals surface area contributed by atoms with Crippen LogP contribution in [-0.2, 0) is 23.1 Å². The molecule has 1 aromatic carbocycles. The highest BCUT2D eigenvalue weighted by atomic mass is 32.2. The zero-order valence-corrected chi connectivity index (χ0v) is 12.4. The van der Waals surface area contributed by atoms with Gasteiger partial charge in [0.25, 0.3) is 0 Å². The van der Waals surface area contributed by atoms with Gasteiger partial charge in [0, 0.05) is 12.4 Å². The average molecular weight is 294 g/mol. The summed E-state index contributed by atoms with van der Waals surface area (Å²) in [4.78, 5) is 0. The van der Waals surface area contributed by atoms with E-state index in [1.54, 1.807) is 12.1 Å². The van der Waals surface area contributed by atoms with Gasteiger partial charge in [-0.15, -0.1) is 0 Å². The van der Waals surface area contributed by atoms with E-state index in [-0.39, 0.29) is 11.2 Å². The number of fused-ring (bicyclic) bond motifs is 1. The molecule has 0 bridgehead atoms. The van der Waals surface area contributed by atoms with E-state index in [4.69, 9.17) is 0 Å². The second kappa shape index (κ2) is 4.15. The third kappa shape index (κ3) is 2.14. The lowest BCUT2D eigenvalue weighted by atomic mass is 9.74. The molecule has 2 aliphatic rings. The molecule has 0 saturated carbocycles. The van der Waals surface area contributed by atoms with Gasteiger partial charge in [0.2, 0.25) is 0 Å². The van der Waals surface area contributed by atoms with Gasteiger partial charge in [-0.2, -0.15) is 8.42 Å². The zero-order chi connectivity index (χ0) is 14.5. The third-order valence-electron chi connectivity index (χ3n) is 3.96. The van der Waals surface area contributed by atoms with Crippen molar-refractivity contribution in [2.75, 3.05) is 4.31 Å². The lowest BCUT2D eigenvalue weighted by Gasteiger charge is -2.32. The number of anilines is 1. The van der Waals surface area contributed by atoms with Gasteiger partial charge >= 0.3 is 10.2 Å². The number of aromatic hydroxyl groups is 1. The first kappa shape index (κ1) is 13.3. The normalized spacial score (nSPS) is 22.4. The highest BCUT2D eigenvalue weighted by molar-refractivity contribution is 7.91. The molecule has 108 valence electrons. The van der Waals surface area contributed by atoms with Crippen LogP contribution in [0.5, 0.6) is 5.75 Å². The molecule has 0 saturated heterocycles. The maximum Gasteiger partial charge on any atom is 0.327 e. The van der Waals surface area contributed by atoms with Crippen LogP contribution < -0.4 is 9.03 Å². The average Bonchev–Trinajstić information content (AvgIpc) is 2.68. The minimum Gasteiger partial charge on any atom is -0.506 e. The van der Waals surface area contributed by atoms with Crippen LogP contribution in [0, 0.1) is 5.41 Å². The fourth-order valence-electron chi connectivity index (χ4n) is 2.84. The molecule has 0 unspecified atom stereocenters. The van der Waals surface area contributed by atoms with Crippen LogP contribution in [0.1, 0.15) is 31.4 Å². The SMILES string of the molecule is CC1(C)CCc2cc(O)c(N3C=CNS3(=O)=O)cc2C1. The summed E-state index contributed by atoms with van der Waals surface area (Å²) in [6, 6.07) is 3.49. The fourth-order valence-corrected chi connectivity index (χ4v) is 3.82. The van der Waals surface area contributed by atoms with Crippen LogP contribution in [0.3, 0.4) is 0 Å². The van der Waals surface area contributed by atoms with E-state index < -0.39 is 10.2 Å². The zero-order valence-electron chi connectivity index (χ0n) is 11.5. The van der Waals surface area contributed by atoms with Crippen molar-refractivity contribution in [3.63, 3.8) is 0 Å². The molecule has 5 nitrogen and oxygen atoms in total. The Morgan fingerprint density at radius 3 is 2.70 bits per heavy atom. The third-order valence-corrected chi connectivity index (χ3v) is 5.23. The highest BCUT2D eigenvalue weighted by Gasteiger charge is 2.30. The maximum absolute atomic E-state index is 11.9. The summed E-state index contributed by atoms with van der Waals surface area (Å²) in [7, 11) is -3.61. The molecule has 2 N–H and O–H groups in total. The number of rotatable bonds is 1. The predicted molar refractivity (Wildman–Crippen MR) is 77.6 cm³/mol. The quantitative estimate of drug-likeness (QED) is 0.832. The molecule has 1 aromatic rings. The topological polar surface area (TPSA) is 69.6 Å². The number of nitrogens with zero attached hydrogens (tertiary/aromatic N) is 1. The largest absolute Gasteiger partial charge is 0.506 e. The summed E-state index contributed by atoms with van der Waals surface area (Å²) in [6.45, 7) is 4.41. The number of aryl methyl sites for hydroxylation is 1. The van der Waals surface area contributed by atoms with E-state index in [1.165, 1.54) is 12.4 Å². The van der Waals surface area contributed by atoms with E-state index in [9.17, 15) is 13.5 Å². The first-order valence-corrected chi connectivity index (χ1v) is 8.06. The molecule has 1 aliphatic carbocycles. The van der Waals surface area contributed by atoms with Gasteiger partial charge in [-0.05, 0) is 47.9 Å². The smallest absolute Gasteiger partial charge is 0.327 e. The van der Waals surface area contributed by atoms with Crippen LogP contribution in [0.25, 0.3) is 0 Å². The number of phenolic OH excluding ortho intramolecular Hbond substituents is 1. The molecule has 3 rings (SSSR count). The van der Waals surface area contributed by atoms with Crippen molar-refractivity contribution < 1.29 is 13.5 Å². The van der Waals surface area contributed by atoms with Gasteiger partial charge in [-0.3, -0.25) is 4.72 Å². The van der Waals surface area contributed by atoms with Gasteiger partial charge in [-0.25, -0.2) is 4.31 Å². The molecule has 1 heterocycles. The Kier molecular flexibility index (Phi) is 2.76. The molecule has 0 spiro atoms. The summed E-state index contributed by atoms with van der Waals surface area (Å²) < 4.78 is 27.1. The molecule has 0 atom stereocenters. The van der Waals surface area contributed by atoms with Crippen molar-refractivity contribution >= 4 is 15.9 Å². The molecule has 1 aliphatic heterocycles. The Morgan fingerprint density at radius 1 is 1.30 bits per heavy atom. The van der Waals surface area contributed by atoms with Gasteiger partial charge in [-0.1, -0.05) is 13.8 Å². The summed E-state index contributed by atoms with van der Waals surface area (Å²) in [5.74, 6) is 0.000353. The predicted octanol–water partition coefficient (Wildman–Crippen LogP) is 2.03. The molecule has 0 radical (unpaired) electrons. The molecular weight excluding hydrogens is 276 g/mol. The maximum atomic E-state index is 11.9. The van der Waals surface area contributed by atoms with Crippen LogP contribution in [0.15, 0.2) is 24.5 Å². The van der Waals surface area contributed by atoms with Gasteiger partial charge in [0.1, 0.15) is 11.4 Å².